The van der Waals surface area contributed by atoms with Crippen LogP contribution in [0.1, 0.15) is 24.6 Å². The molecule has 2 aromatic rings. The first kappa shape index (κ1) is 22.7. The zero-order chi connectivity index (χ0) is 22.2. The summed E-state index contributed by atoms with van der Waals surface area (Å²) in [5.74, 6) is 0. The van der Waals surface area contributed by atoms with E-state index in [1.165, 1.54) is 23.9 Å². The number of hydrogen-bond acceptors (Lipinski definition) is 7. The maximum absolute atomic E-state index is 12.2. The number of aromatic amines is 1. The second kappa shape index (κ2) is 10.9. The van der Waals surface area contributed by atoms with Gasteiger partial charge in [0.15, 0.2) is 6.23 Å². The summed E-state index contributed by atoms with van der Waals surface area (Å²) >= 11 is 0. The molecule has 0 bridgehead atoms. The number of benzene rings is 1. The van der Waals surface area contributed by atoms with Gasteiger partial charge in [0.1, 0.15) is 18.3 Å². The number of ether oxygens (including phenoxy) is 3. The molecule has 11 heteroatoms. The van der Waals surface area contributed by atoms with E-state index < -0.39 is 41.9 Å². The number of rotatable bonds is 10. The summed E-state index contributed by atoms with van der Waals surface area (Å²) in [5, 5.41) is 14.4. The van der Waals surface area contributed by atoms with Gasteiger partial charge in [-0.25, -0.2) is 4.79 Å². The third kappa shape index (κ3) is 5.60. The van der Waals surface area contributed by atoms with Gasteiger partial charge in [-0.05, 0) is 23.9 Å². The first-order valence-electron chi connectivity index (χ1n) is 9.89. The van der Waals surface area contributed by atoms with Gasteiger partial charge in [-0.1, -0.05) is 35.4 Å². The van der Waals surface area contributed by atoms with Crippen LogP contribution in [0.5, 0.6) is 0 Å². The third-order valence-electron chi connectivity index (χ3n) is 5.13. The Hall–Kier alpha value is -2.95. The number of aliphatic hydroxyl groups is 1. The van der Waals surface area contributed by atoms with Crippen LogP contribution in [0, 0.1) is 0 Å². The standard InChI is InChI=1S/C20H25N5O6/c1-29-18-16(27)17(31-19(18)25-11-9-15(26)23-20(25)28)14(8-5-10-22-24-21)30-12-13-6-3-2-4-7-13/h2-4,6-7,9,11,14,16-19,27H,5,8,10,12H2,1H3,(H,23,26,28)/t14?,16?,17-,18?,19-/m1/s1. The van der Waals surface area contributed by atoms with Gasteiger partial charge in [-0.2, -0.15) is 0 Å². The molecule has 31 heavy (non-hydrogen) atoms. The van der Waals surface area contributed by atoms with Crippen molar-refractivity contribution >= 4 is 0 Å². The Morgan fingerprint density at radius 3 is 2.77 bits per heavy atom. The smallest absolute Gasteiger partial charge is 0.330 e. The normalized spacial score (nSPS) is 23.9. The Labute approximate surface area is 177 Å². The van der Waals surface area contributed by atoms with Crippen LogP contribution in [0.4, 0.5) is 0 Å². The molecule has 2 heterocycles. The lowest BCUT2D eigenvalue weighted by Gasteiger charge is -2.26. The van der Waals surface area contributed by atoms with Crippen molar-refractivity contribution in [2.75, 3.05) is 13.7 Å². The van der Waals surface area contributed by atoms with Crippen molar-refractivity contribution in [2.24, 2.45) is 5.11 Å². The average Bonchev–Trinajstić information content (AvgIpc) is 3.09. The number of H-pyrrole nitrogens is 1. The van der Waals surface area contributed by atoms with Gasteiger partial charge in [0.2, 0.25) is 0 Å². The van der Waals surface area contributed by atoms with E-state index >= 15 is 0 Å². The van der Waals surface area contributed by atoms with E-state index in [9.17, 15) is 14.7 Å². The number of azide groups is 1. The quantitative estimate of drug-likeness (QED) is 0.252. The number of aromatic nitrogens is 2. The molecule has 0 amide bonds. The highest BCUT2D eigenvalue weighted by molar-refractivity contribution is 5.13. The largest absolute Gasteiger partial charge is 0.387 e. The van der Waals surface area contributed by atoms with E-state index in [4.69, 9.17) is 19.7 Å². The Morgan fingerprint density at radius 1 is 1.32 bits per heavy atom. The van der Waals surface area contributed by atoms with Crippen LogP contribution in [0.3, 0.4) is 0 Å². The molecule has 166 valence electrons. The van der Waals surface area contributed by atoms with Crippen molar-refractivity contribution < 1.29 is 19.3 Å². The van der Waals surface area contributed by atoms with E-state index in [1.807, 2.05) is 30.3 Å². The van der Waals surface area contributed by atoms with Gasteiger partial charge < -0.3 is 19.3 Å². The molecule has 2 N–H and O–H groups in total. The topological polar surface area (TPSA) is 152 Å². The predicted octanol–water partition coefficient (Wildman–Crippen LogP) is 1.49. The molecule has 11 nitrogen and oxygen atoms in total. The maximum atomic E-state index is 12.2. The Kier molecular flexibility index (Phi) is 7.99. The van der Waals surface area contributed by atoms with Crippen LogP contribution in [0.15, 0.2) is 57.3 Å². The first-order valence-corrected chi connectivity index (χ1v) is 9.89. The van der Waals surface area contributed by atoms with Crippen LogP contribution < -0.4 is 11.2 Å². The van der Waals surface area contributed by atoms with Crippen molar-refractivity contribution in [3.8, 4) is 0 Å². The van der Waals surface area contributed by atoms with Crippen molar-refractivity contribution in [3.05, 3.63) is 79.4 Å². The molecule has 0 aliphatic carbocycles. The summed E-state index contributed by atoms with van der Waals surface area (Å²) in [6.45, 7) is 0.571. The molecule has 1 fully saturated rings. The van der Waals surface area contributed by atoms with Crippen LogP contribution in [-0.2, 0) is 20.8 Å². The van der Waals surface area contributed by atoms with E-state index in [1.54, 1.807) is 0 Å². The molecule has 0 spiro atoms. The summed E-state index contributed by atoms with van der Waals surface area (Å²) in [6.07, 6.45) is -1.96. The molecule has 1 aromatic carbocycles. The summed E-state index contributed by atoms with van der Waals surface area (Å²) in [7, 11) is 1.41. The highest BCUT2D eigenvalue weighted by Crippen LogP contribution is 2.34. The number of aliphatic hydroxyl groups excluding tert-OH is 1. The van der Waals surface area contributed by atoms with E-state index in [2.05, 4.69) is 15.0 Å². The molecule has 1 aliphatic heterocycles. The van der Waals surface area contributed by atoms with Gasteiger partial charge in [-0.15, -0.1) is 0 Å². The van der Waals surface area contributed by atoms with Crippen molar-refractivity contribution in [3.63, 3.8) is 0 Å². The highest BCUT2D eigenvalue weighted by Gasteiger charge is 2.48. The third-order valence-corrected chi connectivity index (χ3v) is 5.13. The van der Waals surface area contributed by atoms with E-state index in [0.717, 1.165) is 5.56 Å². The minimum absolute atomic E-state index is 0.279. The van der Waals surface area contributed by atoms with E-state index in [-0.39, 0.29) is 6.54 Å². The van der Waals surface area contributed by atoms with Crippen molar-refractivity contribution in [2.45, 2.75) is 50.1 Å². The molecular formula is C20H25N5O6. The van der Waals surface area contributed by atoms with Gasteiger partial charge in [0.05, 0.1) is 12.7 Å². The number of hydrogen-bond donors (Lipinski definition) is 2. The first-order chi connectivity index (χ1) is 15.0. The molecule has 0 saturated carbocycles. The summed E-state index contributed by atoms with van der Waals surface area (Å²) in [6, 6.07) is 10.7. The predicted molar refractivity (Wildman–Crippen MR) is 110 cm³/mol. The van der Waals surface area contributed by atoms with Gasteiger partial charge in [0.25, 0.3) is 5.56 Å². The fraction of sp³-hybridized carbons (Fsp3) is 0.500. The lowest BCUT2D eigenvalue weighted by atomic mass is 10.0. The van der Waals surface area contributed by atoms with Gasteiger partial charge >= 0.3 is 5.69 Å². The molecule has 5 atom stereocenters. The van der Waals surface area contributed by atoms with Crippen LogP contribution in [0.25, 0.3) is 10.4 Å². The maximum Gasteiger partial charge on any atom is 0.330 e. The zero-order valence-electron chi connectivity index (χ0n) is 17.0. The van der Waals surface area contributed by atoms with Crippen LogP contribution in [-0.4, -0.2) is 52.7 Å². The second-order valence-corrected chi connectivity index (χ2v) is 7.13. The highest BCUT2D eigenvalue weighted by atomic mass is 16.6. The van der Waals surface area contributed by atoms with Gasteiger partial charge in [-0.3, -0.25) is 14.3 Å². The van der Waals surface area contributed by atoms with Crippen molar-refractivity contribution in [1.82, 2.24) is 9.55 Å². The van der Waals surface area contributed by atoms with Crippen molar-refractivity contribution in [1.29, 1.82) is 0 Å². The van der Waals surface area contributed by atoms with Gasteiger partial charge in [0, 0.05) is 30.8 Å². The fourth-order valence-corrected chi connectivity index (χ4v) is 3.62. The Bertz CT molecular complexity index is 1000. The SMILES string of the molecule is COC1C(O)[C@@H](C(CCCN=[N+]=[N-])OCc2ccccc2)O[C@H]1n1ccc(=O)[nH]c1=O. The second-order valence-electron chi connectivity index (χ2n) is 7.13. The lowest BCUT2D eigenvalue weighted by molar-refractivity contribution is -0.116. The minimum atomic E-state index is -1.09. The average molecular weight is 431 g/mol. The molecule has 0 radical (unpaired) electrons. The fourth-order valence-electron chi connectivity index (χ4n) is 3.62. The molecule has 3 unspecified atom stereocenters. The minimum Gasteiger partial charge on any atom is -0.387 e. The molecular weight excluding hydrogens is 406 g/mol. The van der Waals surface area contributed by atoms with Crippen LogP contribution >= 0.6 is 0 Å². The number of methoxy groups -OCH3 is 1. The molecule has 1 aromatic heterocycles. The summed E-state index contributed by atoms with van der Waals surface area (Å²) in [4.78, 5) is 28.6. The summed E-state index contributed by atoms with van der Waals surface area (Å²) < 4.78 is 18.7. The van der Waals surface area contributed by atoms with E-state index in [0.29, 0.717) is 19.4 Å². The zero-order valence-corrected chi connectivity index (χ0v) is 17.0. The molecule has 3 rings (SSSR count). The Balaban J connectivity index is 1.81. The Morgan fingerprint density at radius 2 is 2.10 bits per heavy atom. The monoisotopic (exact) mass is 431 g/mol. The number of nitrogens with one attached hydrogen (secondary N) is 1. The summed E-state index contributed by atoms with van der Waals surface area (Å²) in [5.41, 5.74) is 8.25. The van der Waals surface area contributed by atoms with Crippen LogP contribution in [0.2, 0.25) is 0 Å². The molecule has 1 aliphatic rings. The lowest BCUT2D eigenvalue weighted by Crippen LogP contribution is -2.41. The number of nitrogens with zero attached hydrogens (tertiary/aromatic N) is 4. The molecule has 1 saturated heterocycles.